The topological polar surface area (TPSA) is 30.9 Å². The van der Waals surface area contributed by atoms with Crippen LogP contribution in [0.5, 0.6) is 0 Å². The highest BCUT2D eigenvalue weighted by Gasteiger charge is 2.28. The molecule has 2 N–H and O–H groups in total. The Hall–Kier alpha value is -0.920. The Morgan fingerprint density at radius 1 is 1.31 bits per heavy atom. The Morgan fingerprint density at radius 3 is 2.62 bits per heavy atom. The lowest BCUT2D eigenvalue weighted by Gasteiger charge is -2.09. The molecule has 2 rings (SSSR count). The number of hydrogen-bond donors (Lipinski definition) is 1. The second-order valence-corrected chi connectivity index (χ2v) is 4.73. The lowest BCUT2D eigenvalue weighted by molar-refractivity contribution is -0.139. The molecule has 0 amide bonds. The van der Waals surface area contributed by atoms with Crippen molar-refractivity contribution in [3.63, 3.8) is 0 Å². The van der Waals surface area contributed by atoms with Gasteiger partial charge in [0.2, 0.25) is 0 Å². The monoisotopic (exact) mass is 340 g/mol. The lowest BCUT2D eigenvalue weighted by Crippen LogP contribution is -2.16. The van der Waals surface area contributed by atoms with E-state index in [9.17, 15) is 13.2 Å². The quantitative estimate of drug-likeness (QED) is 0.626. The zero-order chi connectivity index (χ0) is 11.9. The van der Waals surface area contributed by atoms with Gasteiger partial charge in [0.05, 0.1) is 5.52 Å². The molecule has 0 saturated heterocycles. The van der Waals surface area contributed by atoms with E-state index in [0.29, 0.717) is 16.6 Å². The molecule has 1 aromatic heterocycles. The number of fused-ring (bicyclic) bond motifs is 1. The summed E-state index contributed by atoms with van der Waals surface area (Å²) in [6.45, 7) is -0.990. The summed E-state index contributed by atoms with van der Waals surface area (Å²) < 4.78 is 38.9. The minimum atomic E-state index is -4.22. The minimum absolute atomic E-state index is 0.503. The van der Waals surface area contributed by atoms with E-state index in [1.54, 1.807) is 18.2 Å². The van der Waals surface area contributed by atoms with Crippen molar-refractivity contribution in [2.45, 2.75) is 12.7 Å². The van der Waals surface area contributed by atoms with Crippen LogP contribution >= 0.6 is 22.6 Å². The molecule has 0 fully saturated rings. The third-order valence-corrected chi connectivity index (χ3v) is 2.86. The Labute approximate surface area is 103 Å². The fourth-order valence-corrected chi connectivity index (χ4v) is 2.25. The standard InChI is InChI=1S/C10H8F3IN2/c11-10(12,13)5-16-2-1-7-8(15)3-6(14)4-9(7)16/h1-4H,5,15H2. The van der Waals surface area contributed by atoms with Gasteiger partial charge in [0.25, 0.3) is 0 Å². The number of anilines is 1. The number of aromatic nitrogens is 1. The number of nitrogens with zero attached hydrogens (tertiary/aromatic N) is 1. The molecule has 0 unspecified atom stereocenters. The largest absolute Gasteiger partial charge is 0.406 e. The maximum Gasteiger partial charge on any atom is 0.406 e. The van der Waals surface area contributed by atoms with Gasteiger partial charge in [-0.15, -0.1) is 0 Å². The SMILES string of the molecule is Nc1cc(I)cc2c1ccn2CC(F)(F)F. The van der Waals surface area contributed by atoms with Crippen molar-refractivity contribution >= 4 is 39.2 Å². The highest BCUT2D eigenvalue weighted by atomic mass is 127. The van der Waals surface area contributed by atoms with Crippen LogP contribution in [0.3, 0.4) is 0 Å². The van der Waals surface area contributed by atoms with Crippen LogP contribution in [0.25, 0.3) is 10.9 Å². The van der Waals surface area contributed by atoms with E-state index in [4.69, 9.17) is 5.73 Å². The molecular weight excluding hydrogens is 332 g/mol. The van der Waals surface area contributed by atoms with Crippen LogP contribution in [0.2, 0.25) is 0 Å². The van der Waals surface area contributed by atoms with Crippen molar-refractivity contribution in [1.82, 2.24) is 4.57 Å². The van der Waals surface area contributed by atoms with Gasteiger partial charge >= 0.3 is 6.18 Å². The summed E-state index contributed by atoms with van der Waals surface area (Å²) in [5.74, 6) is 0. The maximum absolute atomic E-state index is 12.3. The molecule has 16 heavy (non-hydrogen) atoms. The van der Waals surface area contributed by atoms with Gasteiger partial charge in [0.15, 0.2) is 0 Å². The predicted octanol–water partition coefficient (Wildman–Crippen LogP) is 3.39. The molecule has 2 aromatic rings. The number of rotatable bonds is 1. The van der Waals surface area contributed by atoms with Gasteiger partial charge in [-0.05, 0) is 40.8 Å². The molecular formula is C10H8F3IN2. The van der Waals surface area contributed by atoms with Gasteiger partial charge in [-0.3, -0.25) is 0 Å². The molecule has 1 aromatic carbocycles. The van der Waals surface area contributed by atoms with Gasteiger partial charge < -0.3 is 10.3 Å². The van der Waals surface area contributed by atoms with Gasteiger partial charge in [-0.1, -0.05) is 0 Å². The van der Waals surface area contributed by atoms with Gasteiger partial charge in [0.1, 0.15) is 6.54 Å². The Bertz CT molecular complexity index is 531. The summed E-state index contributed by atoms with van der Waals surface area (Å²) in [7, 11) is 0. The average molecular weight is 340 g/mol. The van der Waals surface area contributed by atoms with E-state index in [0.717, 1.165) is 8.14 Å². The van der Waals surface area contributed by atoms with Crippen LogP contribution in [0.4, 0.5) is 18.9 Å². The van der Waals surface area contributed by atoms with Crippen molar-refractivity contribution in [3.8, 4) is 0 Å². The summed E-state index contributed by atoms with van der Waals surface area (Å²) in [6.07, 6.45) is -2.81. The number of benzene rings is 1. The Morgan fingerprint density at radius 2 is 2.00 bits per heavy atom. The van der Waals surface area contributed by atoms with E-state index in [2.05, 4.69) is 0 Å². The molecule has 0 saturated carbocycles. The summed E-state index contributed by atoms with van der Waals surface area (Å²) in [4.78, 5) is 0. The van der Waals surface area contributed by atoms with Gasteiger partial charge in [-0.2, -0.15) is 13.2 Å². The first-order valence-electron chi connectivity index (χ1n) is 4.47. The first-order valence-corrected chi connectivity index (χ1v) is 5.55. The van der Waals surface area contributed by atoms with E-state index in [1.807, 2.05) is 22.6 Å². The smallest absolute Gasteiger partial charge is 0.398 e. The van der Waals surface area contributed by atoms with Crippen LogP contribution in [0, 0.1) is 3.57 Å². The van der Waals surface area contributed by atoms with Crippen molar-refractivity contribution in [1.29, 1.82) is 0 Å². The van der Waals surface area contributed by atoms with Crippen molar-refractivity contribution in [2.75, 3.05) is 5.73 Å². The number of nitrogens with two attached hydrogens (primary N) is 1. The molecule has 6 heteroatoms. The van der Waals surface area contributed by atoms with E-state index in [-0.39, 0.29) is 0 Å². The normalized spacial score (nSPS) is 12.2. The van der Waals surface area contributed by atoms with E-state index >= 15 is 0 Å². The fourth-order valence-electron chi connectivity index (χ4n) is 1.62. The Kier molecular flexibility index (Phi) is 2.77. The molecule has 0 aliphatic rings. The molecule has 0 spiro atoms. The van der Waals surface area contributed by atoms with Crippen LogP contribution in [0.15, 0.2) is 24.4 Å². The molecule has 0 atom stereocenters. The number of hydrogen-bond acceptors (Lipinski definition) is 1. The highest BCUT2D eigenvalue weighted by molar-refractivity contribution is 14.1. The van der Waals surface area contributed by atoms with Crippen LogP contribution in [-0.4, -0.2) is 10.7 Å². The molecule has 0 radical (unpaired) electrons. The predicted molar refractivity (Wildman–Crippen MR) is 65.1 cm³/mol. The first-order chi connectivity index (χ1) is 7.37. The average Bonchev–Trinajstić information content (AvgIpc) is 2.46. The maximum atomic E-state index is 12.3. The van der Waals surface area contributed by atoms with Crippen LogP contribution in [-0.2, 0) is 6.54 Å². The molecule has 86 valence electrons. The van der Waals surface area contributed by atoms with Crippen LogP contribution in [0.1, 0.15) is 0 Å². The van der Waals surface area contributed by atoms with Crippen molar-refractivity contribution in [3.05, 3.63) is 28.0 Å². The zero-order valence-electron chi connectivity index (χ0n) is 8.05. The fraction of sp³-hybridized carbons (Fsp3) is 0.200. The van der Waals surface area contributed by atoms with E-state index < -0.39 is 12.7 Å². The summed E-state index contributed by atoms with van der Waals surface area (Å²) in [5.41, 5.74) is 6.75. The summed E-state index contributed by atoms with van der Waals surface area (Å²) in [6, 6.07) is 5.03. The molecule has 2 nitrogen and oxygen atoms in total. The van der Waals surface area contributed by atoms with Crippen LogP contribution < -0.4 is 5.73 Å². The van der Waals surface area contributed by atoms with Crippen molar-refractivity contribution < 1.29 is 13.2 Å². The second-order valence-electron chi connectivity index (χ2n) is 3.49. The summed E-state index contributed by atoms with van der Waals surface area (Å²) in [5, 5.41) is 0.657. The molecule has 0 aliphatic heterocycles. The summed E-state index contributed by atoms with van der Waals surface area (Å²) >= 11 is 2.03. The van der Waals surface area contributed by atoms with Gasteiger partial charge in [-0.25, -0.2) is 0 Å². The minimum Gasteiger partial charge on any atom is -0.398 e. The molecule has 1 heterocycles. The third-order valence-electron chi connectivity index (χ3n) is 2.24. The lowest BCUT2D eigenvalue weighted by atomic mass is 10.2. The van der Waals surface area contributed by atoms with Crippen molar-refractivity contribution in [2.24, 2.45) is 0 Å². The highest BCUT2D eigenvalue weighted by Crippen LogP contribution is 2.27. The second kappa shape index (κ2) is 3.83. The van der Waals surface area contributed by atoms with E-state index in [1.165, 1.54) is 6.20 Å². The number of halogens is 4. The molecule has 0 bridgehead atoms. The van der Waals surface area contributed by atoms with Gasteiger partial charge in [0, 0.05) is 20.8 Å². The number of alkyl halides is 3. The third kappa shape index (κ3) is 2.26. The Balaban J connectivity index is 2.56. The molecule has 0 aliphatic carbocycles. The zero-order valence-corrected chi connectivity index (χ0v) is 10.2. The number of nitrogen functional groups attached to an aromatic ring is 1. The first kappa shape index (κ1) is 11.6.